The molecule has 0 fully saturated rings. The third-order valence-corrected chi connectivity index (χ3v) is 4.25. The molecule has 1 aromatic carbocycles. The van der Waals surface area contributed by atoms with Crippen molar-refractivity contribution in [1.82, 2.24) is 4.90 Å². The minimum absolute atomic E-state index is 0.0913. The van der Waals surface area contributed by atoms with Crippen molar-refractivity contribution in [2.24, 2.45) is 5.92 Å². The van der Waals surface area contributed by atoms with Gasteiger partial charge >= 0.3 is 0 Å². The van der Waals surface area contributed by atoms with Gasteiger partial charge in [0.1, 0.15) is 0 Å². The SMILES string of the molecule is CCCCN(CCCC)C(=O)C1CNc2ccccc2C1. The van der Waals surface area contributed by atoms with Crippen LogP contribution in [0.2, 0.25) is 0 Å². The molecule has 1 heterocycles. The predicted octanol–water partition coefficient (Wildman–Crippen LogP) is 3.70. The fraction of sp³-hybridized carbons (Fsp3) is 0.611. The maximum Gasteiger partial charge on any atom is 0.227 e. The Labute approximate surface area is 128 Å². The smallest absolute Gasteiger partial charge is 0.227 e. The van der Waals surface area contributed by atoms with E-state index in [-0.39, 0.29) is 5.92 Å². The molecule has 0 saturated carbocycles. The van der Waals surface area contributed by atoms with Crippen molar-refractivity contribution < 1.29 is 4.79 Å². The molecular formula is C18H28N2O. The predicted molar refractivity (Wildman–Crippen MR) is 88.5 cm³/mol. The zero-order chi connectivity index (χ0) is 15.1. The summed E-state index contributed by atoms with van der Waals surface area (Å²) >= 11 is 0. The van der Waals surface area contributed by atoms with E-state index in [1.807, 2.05) is 6.07 Å². The summed E-state index contributed by atoms with van der Waals surface area (Å²) in [6.45, 7) is 6.95. The van der Waals surface area contributed by atoms with Gasteiger partial charge in [0, 0.05) is 25.3 Å². The van der Waals surface area contributed by atoms with Gasteiger partial charge in [-0.2, -0.15) is 0 Å². The summed E-state index contributed by atoms with van der Waals surface area (Å²) < 4.78 is 0. The number of unbranched alkanes of at least 4 members (excludes halogenated alkanes) is 2. The third kappa shape index (κ3) is 4.23. The van der Waals surface area contributed by atoms with Crippen LogP contribution in [0.4, 0.5) is 5.69 Å². The molecule has 1 atom stereocenters. The van der Waals surface area contributed by atoms with Crippen LogP contribution in [0.15, 0.2) is 24.3 Å². The molecular weight excluding hydrogens is 260 g/mol. The van der Waals surface area contributed by atoms with Crippen molar-refractivity contribution >= 4 is 11.6 Å². The van der Waals surface area contributed by atoms with Crippen LogP contribution in [-0.2, 0) is 11.2 Å². The van der Waals surface area contributed by atoms with Crippen LogP contribution in [0.1, 0.15) is 45.1 Å². The number of nitrogens with zero attached hydrogens (tertiary/aromatic N) is 1. The minimum Gasteiger partial charge on any atom is -0.384 e. The van der Waals surface area contributed by atoms with Crippen LogP contribution < -0.4 is 5.32 Å². The largest absolute Gasteiger partial charge is 0.384 e. The van der Waals surface area contributed by atoms with Crippen molar-refractivity contribution in [2.75, 3.05) is 25.0 Å². The molecule has 1 amide bonds. The Morgan fingerprint density at radius 1 is 1.19 bits per heavy atom. The Bertz CT molecular complexity index is 450. The van der Waals surface area contributed by atoms with Crippen LogP contribution in [0, 0.1) is 5.92 Å². The molecule has 3 heteroatoms. The number of benzene rings is 1. The van der Waals surface area contributed by atoms with E-state index in [1.165, 1.54) is 11.3 Å². The Kier molecular flexibility index (Phi) is 6.09. The van der Waals surface area contributed by atoms with Crippen molar-refractivity contribution in [1.29, 1.82) is 0 Å². The number of para-hydroxylation sites is 1. The summed E-state index contributed by atoms with van der Waals surface area (Å²) in [5, 5.41) is 3.41. The van der Waals surface area contributed by atoms with E-state index < -0.39 is 0 Å². The molecule has 0 spiro atoms. The first kappa shape index (κ1) is 15.9. The molecule has 0 bridgehead atoms. The molecule has 0 aliphatic carbocycles. The van der Waals surface area contributed by atoms with Gasteiger partial charge in [-0.05, 0) is 30.9 Å². The number of fused-ring (bicyclic) bond motifs is 1. The molecule has 1 aliphatic heterocycles. The van der Waals surface area contributed by atoms with Gasteiger partial charge in [0.2, 0.25) is 5.91 Å². The second-order valence-electron chi connectivity index (χ2n) is 5.97. The number of amides is 1. The molecule has 3 nitrogen and oxygen atoms in total. The number of carbonyl (C=O) groups excluding carboxylic acids is 1. The van der Waals surface area contributed by atoms with Crippen molar-refractivity contribution in [3.63, 3.8) is 0 Å². The average molecular weight is 288 g/mol. The highest BCUT2D eigenvalue weighted by molar-refractivity contribution is 5.81. The molecule has 2 rings (SSSR count). The van der Waals surface area contributed by atoms with E-state index in [0.29, 0.717) is 5.91 Å². The van der Waals surface area contributed by atoms with E-state index in [9.17, 15) is 4.79 Å². The number of carbonyl (C=O) groups is 1. The number of hydrogen-bond donors (Lipinski definition) is 1. The Morgan fingerprint density at radius 2 is 1.86 bits per heavy atom. The number of hydrogen-bond acceptors (Lipinski definition) is 2. The van der Waals surface area contributed by atoms with Crippen LogP contribution in [0.5, 0.6) is 0 Å². The fourth-order valence-electron chi connectivity index (χ4n) is 2.90. The summed E-state index contributed by atoms with van der Waals surface area (Å²) in [6, 6.07) is 8.33. The lowest BCUT2D eigenvalue weighted by Crippen LogP contribution is -2.42. The molecule has 0 saturated heterocycles. The van der Waals surface area contributed by atoms with Crippen LogP contribution >= 0.6 is 0 Å². The van der Waals surface area contributed by atoms with Gasteiger partial charge in [-0.1, -0.05) is 44.9 Å². The second-order valence-corrected chi connectivity index (χ2v) is 5.97. The van der Waals surface area contributed by atoms with Gasteiger partial charge in [-0.25, -0.2) is 0 Å². The van der Waals surface area contributed by atoms with Gasteiger partial charge in [0.15, 0.2) is 0 Å². The van der Waals surface area contributed by atoms with Crippen molar-refractivity contribution in [3.8, 4) is 0 Å². The quantitative estimate of drug-likeness (QED) is 0.829. The Hall–Kier alpha value is -1.51. The van der Waals surface area contributed by atoms with Crippen LogP contribution in [0.3, 0.4) is 0 Å². The summed E-state index contributed by atoms with van der Waals surface area (Å²) in [5.74, 6) is 0.424. The maximum atomic E-state index is 12.8. The molecule has 21 heavy (non-hydrogen) atoms. The number of nitrogens with one attached hydrogen (secondary N) is 1. The standard InChI is InChI=1S/C18H28N2O/c1-3-5-11-20(12-6-4-2)18(21)16-13-15-9-7-8-10-17(15)19-14-16/h7-10,16,19H,3-6,11-14H2,1-2H3. The summed E-state index contributed by atoms with van der Waals surface area (Å²) in [4.78, 5) is 14.9. The molecule has 1 N–H and O–H groups in total. The van der Waals surface area contributed by atoms with E-state index in [0.717, 1.165) is 51.7 Å². The van der Waals surface area contributed by atoms with Gasteiger partial charge in [0.05, 0.1) is 5.92 Å². The highest BCUT2D eigenvalue weighted by Crippen LogP contribution is 2.25. The topological polar surface area (TPSA) is 32.3 Å². The van der Waals surface area contributed by atoms with E-state index in [4.69, 9.17) is 0 Å². The normalized spacial score (nSPS) is 17.0. The fourth-order valence-corrected chi connectivity index (χ4v) is 2.90. The maximum absolute atomic E-state index is 12.8. The highest BCUT2D eigenvalue weighted by atomic mass is 16.2. The zero-order valence-electron chi connectivity index (χ0n) is 13.4. The zero-order valence-corrected chi connectivity index (χ0v) is 13.4. The van der Waals surface area contributed by atoms with Gasteiger partial charge in [-0.3, -0.25) is 4.79 Å². The van der Waals surface area contributed by atoms with E-state index in [1.54, 1.807) is 0 Å². The lowest BCUT2D eigenvalue weighted by atomic mass is 9.92. The molecule has 0 aromatic heterocycles. The molecule has 116 valence electrons. The van der Waals surface area contributed by atoms with Crippen molar-refractivity contribution in [2.45, 2.75) is 46.0 Å². The van der Waals surface area contributed by atoms with Crippen molar-refractivity contribution in [3.05, 3.63) is 29.8 Å². The monoisotopic (exact) mass is 288 g/mol. The first-order chi connectivity index (χ1) is 10.3. The summed E-state index contributed by atoms with van der Waals surface area (Å²) in [6.07, 6.45) is 5.36. The molecule has 1 unspecified atom stereocenters. The summed E-state index contributed by atoms with van der Waals surface area (Å²) in [5.41, 5.74) is 2.46. The molecule has 1 aromatic rings. The Balaban J connectivity index is 2.00. The minimum atomic E-state index is 0.0913. The lowest BCUT2D eigenvalue weighted by molar-refractivity contribution is -0.135. The second kappa shape index (κ2) is 8.06. The number of anilines is 1. The van der Waals surface area contributed by atoms with Gasteiger partial charge in [-0.15, -0.1) is 0 Å². The highest BCUT2D eigenvalue weighted by Gasteiger charge is 2.27. The Morgan fingerprint density at radius 3 is 2.52 bits per heavy atom. The van der Waals surface area contributed by atoms with Gasteiger partial charge < -0.3 is 10.2 Å². The average Bonchev–Trinajstić information content (AvgIpc) is 2.54. The van der Waals surface area contributed by atoms with Gasteiger partial charge in [0.25, 0.3) is 0 Å². The summed E-state index contributed by atoms with van der Waals surface area (Å²) in [7, 11) is 0. The molecule has 1 aliphatic rings. The third-order valence-electron chi connectivity index (χ3n) is 4.25. The van der Waals surface area contributed by atoms with Crippen LogP contribution in [-0.4, -0.2) is 30.4 Å². The first-order valence-corrected chi connectivity index (χ1v) is 8.36. The first-order valence-electron chi connectivity index (χ1n) is 8.36. The number of rotatable bonds is 7. The van der Waals surface area contributed by atoms with E-state index >= 15 is 0 Å². The van der Waals surface area contributed by atoms with Crippen LogP contribution in [0.25, 0.3) is 0 Å². The molecule has 0 radical (unpaired) electrons. The lowest BCUT2D eigenvalue weighted by Gasteiger charge is -2.31. The van der Waals surface area contributed by atoms with E-state index in [2.05, 4.69) is 42.3 Å².